The summed E-state index contributed by atoms with van der Waals surface area (Å²) in [5.74, 6) is 1.88. The Balaban J connectivity index is 1.38. The van der Waals surface area contributed by atoms with Gasteiger partial charge in [-0.25, -0.2) is 4.98 Å². The molecule has 0 fully saturated rings. The zero-order valence-corrected chi connectivity index (χ0v) is 20.6. The Hall–Kier alpha value is -4.12. The van der Waals surface area contributed by atoms with E-state index < -0.39 is 0 Å². The summed E-state index contributed by atoms with van der Waals surface area (Å²) in [5.41, 5.74) is 5.35. The van der Waals surface area contributed by atoms with E-state index in [4.69, 9.17) is 9.72 Å². The number of carbonyl (C=O) groups is 1. The van der Waals surface area contributed by atoms with E-state index in [0.717, 1.165) is 58.5 Å². The highest BCUT2D eigenvalue weighted by Crippen LogP contribution is 2.32. The van der Waals surface area contributed by atoms with Crippen LogP contribution in [0.3, 0.4) is 0 Å². The van der Waals surface area contributed by atoms with Crippen molar-refractivity contribution in [2.75, 3.05) is 18.6 Å². The molecule has 1 aromatic heterocycles. The summed E-state index contributed by atoms with van der Waals surface area (Å²) in [6.07, 6.45) is 2.00. The summed E-state index contributed by atoms with van der Waals surface area (Å²) in [6.45, 7) is 3.18. The molecule has 5 aromatic rings. The van der Waals surface area contributed by atoms with Crippen LogP contribution in [-0.4, -0.2) is 29.1 Å². The molecule has 0 saturated heterocycles. The SMILES string of the molecule is COc1ccc2cc(C(C)c3nc4ccccc4n3CC(=O)N3CCCc4ccccc43)ccc2c1. The number of fused-ring (bicyclic) bond motifs is 3. The van der Waals surface area contributed by atoms with Crippen LogP contribution in [0.1, 0.15) is 36.2 Å². The number of nitrogens with zero attached hydrogens (tertiary/aromatic N) is 3. The third-order valence-corrected chi connectivity index (χ3v) is 7.35. The zero-order chi connectivity index (χ0) is 24.6. The lowest BCUT2D eigenvalue weighted by atomic mass is 9.97. The first-order valence-corrected chi connectivity index (χ1v) is 12.5. The second kappa shape index (κ2) is 9.15. The van der Waals surface area contributed by atoms with E-state index in [0.29, 0.717) is 0 Å². The molecule has 5 heteroatoms. The van der Waals surface area contributed by atoms with E-state index in [1.807, 2.05) is 41.3 Å². The molecule has 0 saturated carbocycles. The van der Waals surface area contributed by atoms with Crippen molar-refractivity contribution in [2.45, 2.75) is 32.2 Å². The summed E-state index contributed by atoms with van der Waals surface area (Å²) in [5, 5.41) is 2.29. The van der Waals surface area contributed by atoms with Gasteiger partial charge in [-0.3, -0.25) is 4.79 Å². The van der Waals surface area contributed by atoms with E-state index in [9.17, 15) is 4.79 Å². The van der Waals surface area contributed by atoms with Crippen LogP contribution in [0.5, 0.6) is 5.75 Å². The van der Waals surface area contributed by atoms with E-state index in [-0.39, 0.29) is 18.4 Å². The number of ether oxygens (including phenoxy) is 1. The van der Waals surface area contributed by atoms with Crippen molar-refractivity contribution in [3.63, 3.8) is 0 Å². The molecular weight excluding hydrogens is 446 g/mol. The minimum absolute atomic E-state index is 0.0188. The van der Waals surface area contributed by atoms with Crippen molar-refractivity contribution in [3.05, 3.63) is 102 Å². The van der Waals surface area contributed by atoms with Crippen molar-refractivity contribution in [1.82, 2.24) is 9.55 Å². The molecule has 0 spiro atoms. The predicted molar refractivity (Wildman–Crippen MR) is 145 cm³/mol. The first-order valence-electron chi connectivity index (χ1n) is 12.5. The third kappa shape index (κ3) is 3.91. The minimum atomic E-state index is 0.0188. The number of benzene rings is 4. The highest BCUT2D eigenvalue weighted by molar-refractivity contribution is 5.95. The first kappa shape index (κ1) is 22.4. The molecule has 180 valence electrons. The number of para-hydroxylation sites is 3. The Morgan fingerprint density at radius 3 is 2.64 bits per heavy atom. The molecule has 1 aliphatic heterocycles. The fraction of sp³-hybridized carbons (Fsp3) is 0.226. The monoisotopic (exact) mass is 475 g/mol. The first-order chi connectivity index (χ1) is 17.6. The van der Waals surface area contributed by atoms with Gasteiger partial charge in [-0.15, -0.1) is 0 Å². The van der Waals surface area contributed by atoms with Crippen LogP contribution >= 0.6 is 0 Å². The lowest BCUT2D eigenvalue weighted by Crippen LogP contribution is -2.38. The number of rotatable bonds is 5. The number of amides is 1. The van der Waals surface area contributed by atoms with Crippen LogP contribution < -0.4 is 9.64 Å². The second-order valence-corrected chi connectivity index (χ2v) is 9.52. The average Bonchev–Trinajstić information content (AvgIpc) is 3.29. The van der Waals surface area contributed by atoms with Gasteiger partial charge in [0.1, 0.15) is 18.1 Å². The van der Waals surface area contributed by atoms with Crippen molar-refractivity contribution in [2.24, 2.45) is 0 Å². The van der Waals surface area contributed by atoms with Crippen molar-refractivity contribution >= 4 is 33.4 Å². The summed E-state index contributed by atoms with van der Waals surface area (Å²) >= 11 is 0. The second-order valence-electron chi connectivity index (χ2n) is 9.52. The molecule has 0 aliphatic carbocycles. The van der Waals surface area contributed by atoms with Gasteiger partial charge in [0.15, 0.2) is 0 Å². The van der Waals surface area contributed by atoms with Gasteiger partial charge in [0.05, 0.1) is 18.1 Å². The highest BCUT2D eigenvalue weighted by Gasteiger charge is 2.25. The number of carbonyl (C=O) groups excluding carboxylic acids is 1. The van der Waals surface area contributed by atoms with Gasteiger partial charge >= 0.3 is 0 Å². The fourth-order valence-electron chi connectivity index (χ4n) is 5.39. The number of imidazole rings is 1. The molecule has 0 bridgehead atoms. The molecule has 5 nitrogen and oxygen atoms in total. The van der Waals surface area contributed by atoms with Crippen LogP contribution in [0.15, 0.2) is 84.9 Å². The number of anilines is 1. The fourth-order valence-corrected chi connectivity index (χ4v) is 5.39. The summed E-state index contributed by atoms with van der Waals surface area (Å²) in [7, 11) is 1.69. The largest absolute Gasteiger partial charge is 0.497 e. The predicted octanol–water partition coefficient (Wildman–Crippen LogP) is 6.33. The van der Waals surface area contributed by atoms with Crippen molar-refractivity contribution in [3.8, 4) is 5.75 Å². The average molecular weight is 476 g/mol. The van der Waals surface area contributed by atoms with Crippen molar-refractivity contribution < 1.29 is 9.53 Å². The number of hydrogen-bond donors (Lipinski definition) is 0. The van der Waals surface area contributed by atoms with Gasteiger partial charge in [0.25, 0.3) is 0 Å². The molecule has 36 heavy (non-hydrogen) atoms. The van der Waals surface area contributed by atoms with Gasteiger partial charge in [-0.05, 0) is 65.1 Å². The Kier molecular flexibility index (Phi) is 5.68. The van der Waals surface area contributed by atoms with Crippen LogP contribution in [0.4, 0.5) is 5.69 Å². The lowest BCUT2D eigenvalue weighted by Gasteiger charge is -2.30. The Labute approximate surface area is 210 Å². The van der Waals surface area contributed by atoms with Gasteiger partial charge in [0, 0.05) is 18.2 Å². The minimum Gasteiger partial charge on any atom is -0.497 e. The maximum Gasteiger partial charge on any atom is 0.246 e. The molecule has 4 aromatic carbocycles. The highest BCUT2D eigenvalue weighted by atomic mass is 16.5. The summed E-state index contributed by atoms with van der Waals surface area (Å²) in [4.78, 5) is 20.6. The molecule has 1 aliphatic rings. The molecule has 0 N–H and O–H groups in total. The van der Waals surface area contributed by atoms with E-state index >= 15 is 0 Å². The van der Waals surface area contributed by atoms with Gasteiger partial charge < -0.3 is 14.2 Å². The zero-order valence-electron chi connectivity index (χ0n) is 20.6. The normalized spacial score (nSPS) is 14.1. The standard InChI is InChI=1S/C31H29N3O2/c1-21(23-13-14-25-19-26(36-2)16-15-24(25)18-23)31-32-27-10-4-6-12-29(27)34(31)20-30(35)33-17-7-9-22-8-3-5-11-28(22)33/h3-6,8,10-16,18-19,21H,7,9,17,20H2,1-2H3. The molecule has 1 unspecified atom stereocenters. The maximum atomic E-state index is 13.7. The quantitative estimate of drug-likeness (QED) is 0.298. The van der Waals surface area contributed by atoms with Crippen molar-refractivity contribution in [1.29, 1.82) is 0 Å². The maximum absolute atomic E-state index is 13.7. The molecule has 1 amide bonds. The molecule has 2 heterocycles. The van der Waals surface area contributed by atoms with Crippen LogP contribution in [-0.2, 0) is 17.8 Å². The molecule has 0 radical (unpaired) electrons. The van der Waals surface area contributed by atoms with E-state index in [1.165, 1.54) is 11.1 Å². The number of aromatic nitrogens is 2. The Morgan fingerprint density at radius 1 is 0.972 bits per heavy atom. The Bertz CT molecular complexity index is 1590. The van der Waals surface area contributed by atoms with Gasteiger partial charge in [0.2, 0.25) is 5.91 Å². The van der Waals surface area contributed by atoms with E-state index in [2.05, 4.69) is 60.0 Å². The topological polar surface area (TPSA) is 47.4 Å². The van der Waals surface area contributed by atoms with Gasteiger partial charge in [-0.2, -0.15) is 0 Å². The number of aryl methyl sites for hydroxylation is 1. The van der Waals surface area contributed by atoms with Gasteiger partial charge in [-0.1, -0.05) is 61.5 Å². The summed E-state index contributed by atoms with van der Waals surface area (Å²) in [6, 6.07) is 29.0. The third-order valence-electron chi connectivity index (χ3n) is 7.35. The van der Waals surface area contributed by atoms with Crippen LogP contribution in [0.2, 0.25) is 0 Å². The molecule has 1 atom stereocenters. The van der Waals surface area contributed by atoms with Crippen LogP contribution in [0, 0.1) is 0 Å². The summed E-state index contributed by atoms with van der Waals surface area (Å²) < 4.78 is 7.49. The van der Waals surface area contributed by atoms with Crippen LogP contribution in [0.25, 0.3) is 21.8 Å². The number of methoxy groups -OCH3 is 1. The molecule has 6 rings (SSSR count). The van der Waals surface area contributed by atoms with E-state index in [1.54, 1.807) is 7.11 Å². The number of hydrogen-bond acceptors (Lipinski definition) is 3. The lowest BCUT2D eigenvalue weighted by molar-refractivity contribution is -0.119. The Morgan fingerprint density at radius 2 is 1.75 bits per heavy atom. The molecular formula is C31H29N3O2. The smallest absolute Gasteiger partial charge is 0.246 e.